The summed E-state index contributed by atoms with van der Waals surface area (Å²) < 4.78 is 2.03. The number of imidazole rings is 1. The molecule has 25 heavy (non-hydrogen) atoms. The number of amides is 2. The number of aromatic nitrogens is 2. The van der Waals surface area contributed by atoms with Crippen molar-refractivity contribution in [2.24, 2.45) is 13.0 Å². The molecule has 1 atom stereocenters. The van der Waals surface area contributed by atoms with Crippen LogP contribution in [0.2, 0.25) is 0 Å². The number of rotatable bonds is 3. The van der Waals surface area contributed by atoms with E-state index in [1.54, 1.807) is 0 Å². The summed E-state index contributed by atoms with van der Waals surface area (Å²) in [5.74, 6) is 1.09. The molecule has 7 heteroatoms. The Balaban J connectivity index is 1.52. The van der Waals surface area contributed by atoms with Gasteiger partial charge in [-0.1, -0.05) is 0 Å². The van der Waals surface area contributed by atoms with Crippen LogP contribution in [-0.2, 0) is 23.2 Å². The largest absolute Gasteiger partial charge is 0.340 e. The molecule has 0 spiro atoms. The smallest absolute Gasteiger partial charge is 0.228 e. The van der Waals surface area contributed by atoms with E-state index in [2.05, 4.69) is 9.88 Å². The SMILES string of the molecule is Cn1ccnc1CN1CCN(C(=O)C2CC(=O)N(C(C)(C)C)C2)CC1. The molecule has 0 saturated carbocycles. The van der Waals surface area contributed by atoms with Crippen LogP contribution in [0, 0.1) is 5.92 Å². The molecule has 0 aliphatic carbocycles. The summed E-state index contributed by atoms with van der Waals surface area (Å²) in [7, 11) is 2.00. The van der Waals surface area contributed by atoms with Crippen molar-refractivity contribution >= 4 is 11.8 Å². The average Bonchev–Trinajstić information content (AvgIpc) is 3.13. The molecule has 0 N–H and O–H groups in total. The molecule has 2 aliphatic rings. The number of carbonyl (C=O) groups excluding carboxylic acids is 2. The highest BCUT2D eigenvalue weighted by Crippen LogP contribution is 2.27. The topological polar surface area (TPSA) is 61.7 Å². The fourth-order valence-corrected chi connectivity index (χ4v) is 3.65. The van der Waals surface area contributed by atoms with Crippen LogP contribution in [-0.4, -0.2) is 74.3 Å². The molecule has 2 fully saturated rings. The molecule has 3 rings (SSSR count). The van der Waals surface area contributed by atoms with Gasteiger partial charge in [0.2, 0.25) is 11.8 Å². The third-order valence-corrected chi connectivity index (χ3v) is 5.25. The Labute approximate surface area is 149 Å². The lowest BCUT2D eigenvalue weighted by atomic mass is 10.1. The summed E-state index contributed by atoms with van der Waals surface area (Å²) in [4.78, 5) is 35.5. The minimum absolute atomic E-state index is 0.0965. The first kappa shape index (κ1) is 17.9. The number of nitrogens with zero attached hydrogens (tertiary/aromatic N) is 5. The summed E-state index contributed by atoms with van der Waals surface area (Å²) in [6, 6.07) is 0. The Hall–Kier alpha value is -1.89. The molecule has 138 valence electrons. The lowest BCUT2D eigenvalue weighted by Gasteiger charge is -2.36. The lowest BCUT2D eigenvalue weighted by Crippen LogP contribution is -2.50. The second-order valence-electron chi connectivity index (χ2n) is 8.13. The first-order valence-corrected chi connectivity index (χ1v) is 9.03. The Morgan fingerprint density at radius 2 is 1.92 bits per heavy atom. The van der Waals surface area contributed by atoms with E-state index in [9.17, 15) is 9.59 Å². The summed E-state index contributed by atoms with van der Waals surface area (Å²) in [6.07, 6.45) is 4.12. The van der Waals surface area contributed by atoms with Gasteiger partial charge in [-0.25, -0.2) is 4.98 Å². The Morgan fingerprint density at radius 1 is 1.24 bits per heavy atom. The molecule has 3 heterocycles. The van der Waals surface area contributed by atoms with Crippen molar-refractivity contribution in [3.05, 3.63) is 18.2 Å². The first-order valence-electron chi connectivity index (χ1n) is 9.03. The quantitative estimate of drug-likeness (QED) is 0.808. The van der Waals surface area contributed by atoms with E-state index in [4.69, 9.17) is 0 Å². The van der Waals surface area contributed by atoms with E-state index < -0.39 is 0 Å². The molecule has 1 unspecified atom stereocenters. The van der Waals surface area contributed by atoms with E-state index in [1.807, 2.05) is 54.6 Å². The van der Waals surface area contributed by atoms with Crippen molar-refractivity contribution in [3.8, 4) is 0 Å². The zero-order chi connectivity index (χ0) is 18.2. The third-order valence-electron chi connectivity index (χ3n) is 5.25. The van der Waals surface area contributed by atoms with Crippen molar-refractivity contribution in [1.82, 2.24) is 24.3 Å². The normalized spacial score (nSPS) is 22.7. The summed E-state index contributed by atoms with van der Waals surface area (Å²) in [5, 5.41) is 0. The van der Waals surface area contributed by atoms with Crippen LogP contribution in [0.3, 0.4) is 0 Å². The summed E-state index contributed by atoms with van der Waals surface area (Å²) in [6.45, 7) is 10.6. The zero-order valence-electron chi connectivity index (χ0n) is 15.7. The van der Waals surface area contributed by atoms with Crippen molar-refractivity contribution in [2.45, 2.75) is 39.3 Å². The lowest BCUT2D eigenvalue weighted by molar-refractivity contribution is -0.137. The average molecular weight is 347 g/mol. The van der Waals surface area contributed by atoms with Gasteiger partial charge in [0.25, 0.3) is 0 Å². The maximum Gasteiger partial charge on any atom is 0.228 e. The van der Waals surface area contributed by atoms with Gasteiger partial charge in [0.1, 0.15) is 5.82 Å². The second-order valence-corrected chi connectivity index (χ2v) is 8.13. The minimum Gasteiger partial charge on any atom is -0.340 e. The van der Waals surface area contributed by atoms with Gasteiger partial charge in [0, 0.05) is 64.1 Å². The van der Waals surface area contributed by atoms with Crippen LogP contribution >= 0.6 is 0 Å². The molecule has 0 aromatic carbocycles. The third kappa shape index (κ3) is 3.86. The highest BCUT2D eigenvalue weighted by atomic mass is 16.2. The van der Waals surface area contributed by atoms with Crippen LogP contribution in [0.4, 0.5) is 0 Å². The molecule has 1 aromatic heterocycles. The number of carbonyl (C=O) groups is 2. The predicted octanol–water partition coefficient (Wildman–Crippen LogP) is 0.711. The number of hydrogen-bond acceptors (Lipinski definition) is 4. The van der Waals surface area contributed by atoms with Gasteiger partial charge in [-0.3, -0.25) is 14.5 Å². The van der Waals surface area contributed by atoms with Gasteiger partial charge in [-0.2, -0.15) is 0 Å². The van der Waals surface area contributed by atoms with Gasteiger partial charge in [-0.05, 0) is 20.8 Å². The molecule has 2 amide bonds. The van der Waals surface area contributed by atoms with E-state index >= 15 is 0 Å². The summed E-state index contributed by atoms with van der Waals surface area (Å²) in [5.41, 5.74) is -0.215. The van der Waals surface area contributed by atoms with Gasteiger partial charge in [0.05, 0.1) is 12.5 Å². The van der Waals surface area contributed by atoms with Gasteiger partial charge < -0.3 is 14.4 Å². The molecule has 1 aromatic rings. The van der Waals surface area contributed by atoms with Crippen LogP contribution in [0.5, 0.6) is 0 Å². The van der Waals surface area contributed by atoms with Crippen molar-refractivity contribution < 1.29 is 9.59 Å². The standard InChI is InChI=1S/C18H29N5O2/c1-18(2,3)23-12-14(11-16(23)24)17(25)22-9-7-21(8-10-22)13-15-19-5-6-20(15)4/h5-6,14H,7-13H2,1-4H3. The first-order chi connectivity index (χ1) is 11.8. The van der Waals surface area contributed by atoms with E-state index in [-0.39, 0.29) is 23.3 Å². The maximum absolute atomic E-state index is 12.8. The Bertz CT molecular complexity index is 640. The van der Waals surface area contributed by atoms with Crippen LogP contribution in [0.15, 0.2) is 12.4 Å². The highest BCUT2D eigenvalue weighted by molar-refractivity contribution is 5.89. The van der Waals surface area contributed by atoms with E-state index in [0.29, 0.717) is 13.0 Å². The molecule has 7 nitrogen and oxygen atoms in total. The molecule has 0 bridgehead atoms. The van der Waals surface area contributed by atoms with E-state index in [1.165, 1.54) is 0 Å². The van der Waals surface area contributed by atoms with Crippen molar-refractivity contribution in [1.29, 1.82) is 0 Å². The molecule has 2 aliphatic heterocycles. The Morgan fingerprint density at radius 3 is 2.44 bits per heavy atom. The van der Waals surface area contributed by atoms with Crippen LogP contribution in [0.25, 0.3) is 0 Å². The monoisotopic (exact) mass is 347 g/mol. The fraction of sp³-hybridized carbons (Fsp3) is 0.722. The van der Waals surface area contributed by atoms with Gasteiger partial charge in [-0.15, -0.1) is 0 Å². The number of likely N-dealkylation sites (tertiary alicyclic amines) is 1. The maximum atomic E-state index is 12.8. The predicted molar refractivity (Wildman–Crippen MR) is 94.6 cm³/mol. The number of piperazine rings is 1. The number of aryl methyl sites for hydroxylation is 1. The van der Waals surface area contributed by atoms with Crippen molar-refractivity contribution in [3.63, 3.8) is 0 Å². The number of hydrogen-bond donors (Lipinski definition) is 0. The fourth-order valence-electron chi connectivity index (χ4n) is 3.65. The molecular formula is C18H29N5O2. The summed E-state index contributed by atoms with van der Waals surface area (Å²) >= 11 is 0. The van der Waals surface area contributed by atoms with Crippen LogP contribution in [0.1, 0.15) is 33.0 Å². The van der Waals surface area contributed by atoms with Crippen LogP contribution < -0.4 is 0 Å². The van der Waals surface area contributed by atoms with Crippen molar-refractivity contribution in [2.75, 3.05) is 32.7 Å². The highest BCUT2D eigenvalue weighted by Gasteiger charge is 2.41. The molecule has 0 radical (unpaired) electrons. The van der Waals surface area contributed by atoms with Gasteiger partial charge in [0.15, 0.2) is 0 Å². The minimum atomic E-state index is -0.215. The Kier molecular flexibility index (Phi) is 4.86. The van der Waals surface area contributed by atoms with Gasteiger partial charge >= 0.3 is 0 Å². The molecular weight excluding hydrogens is 318 g/mol. The second kappa shape index (κ2) is 6.78. The molecule has 2 saturated heterocycles. The zero-order valence-corrected chi connectivity index (χ0v) is 15.7. The van der Waals surface area contributed by atoms with E-state index in [0.717, 1.165) is 38.5 Å².